The number of benzene rings is 2. The van der Waals surface area contributed by atoms with Crippen LogP contribution in [-0.2, 0) is 28.6 Å². The van der Waals surface area contributed by atoms with Crippen molar-refractivity contribution >= 4 is 20.2 Å². The summed E-state index contributed by atoms with van der Waals surface area (Å²) >= 11 is 0. The maximum absolute atomic E-state index is 12.3. The molecule has 2 aromatic rings. The van der Waals surface area contributed by atoms with Gasteiger partial charge in [0, 0.05) is 0 Å². The van der Waals surface area contributed by atoms with E-state index in [0.717, 1.165) is 11.1 Å². The van der Waals surface area contributed by atoms with Crippen LogP contribution in [0.4, 0.5) is 0 Å². The van der Waals surface area contributed by atoms with Gasteiger partial charge in [0.15, 0.2) is 0 Å². The van der Waals surface area contributed by atoms with Crippen molar-refractivity contribution in [1.82, 2.24) is 0 Å². The van der Waals surface area contributed by atoms with E-state index in [1.807, 2.05) is 13.8 Å². The van der Waals surface area contributed by atoms with Crippen LogP contribution in [0.2, 0.25) is 0 Å². The topological polar surface area (TPSA) is 86.7 Å². The molecule has 0 amide bonds. The standard InChI is InChI=1S/C18H22O6S2/c1-13-5-9-17(10-6-13)25(19,20)23-15(3)16(4)24-26(21,22)18-11-7-14(2)8-12-18/h5-12,15-16H,1-4H3/t15-,16-/m0/s1. The van der Waals surface area contributed by atoms with Crippen LogP contribution in [0.25, 0.3) is 0 Å². The van der Waals surface area contributed by atoms with E-state index in [0.29, 0.717) is 0 Å². The minimum Gasteiger partial charge on any atom is -0.261 e. The Morgan fingerprint density at radius 3 is 1.15 bits per heavy atom. The van der Waals surface area contributed by atoms with E-state index in [1.54, 1.807) is 24.3 Å². The zero-order chi connectivity index (χ0) is 19.5. The molecule has 0 aromatic heterocycles. The van der Waals surface area contributed by atoms with Crippen LogP contribution in [0.1, 0.15) is 25.0 Å². The largest absolute Gasteiger partial charge is 0.297 e. The zero-order valence-electron chi connectivity index (χ0n) is 15.0. The normalized spacial score (nSPS) is 14.8. The van der Waals surface area contributed by atoms with Gasteiger partial charge in [-0.2, -0.15) is 16.8 Å². The molecule has 0 fully saturated rings. The molecule has 0 aliphatic carbocycles. The lowest BCUT2D eigenvalue weighted by Crippen LogP contribution is -2.30. The summed E-state index contributed by atoms with van der Waals surface area (Å²) in [6, 6.07) is 12.4. The summed E-state index contributed by atoms with van der Waals surface area (Å²) in [6.45, 7) is 6.57. The van der Waals surface area contributed by atoms with Crippen molar-refractivity contribution in [3.05, 3.63) is 59.7 Å². The summed E-state index contributed by atoms with van der Waals surface area (Å²) in [5.41, 5.74) is 1.83. The molecule has 0 bridgehead atoms. The fourth-order valence-electron chi connectivity index (χ4n) is 2.08. The second-order valence-electron chi connectivity index (χ2n) is 6.14. The van der Waals surface area contributed by atoms with E-state index in [4.69, 9.17) is 8.37 Å². The molecule has 0 saturated carbocycles. The number of hydrogen-bond donors (Lipinski definition) is 0. The van der Waals surface area contributed by atoms with Gasteiger partial charge in [-0.15, -0.1) is 0 Å². The van der Waals surface area contributed by atoms with E-state index in [9.17, 15) is 16.8 Å². The van der Waals surface area contributed by atoms with Gasteiger partial charge < -0.3 is 0 Å². The fraction of sp³-hybridized carbons (Fsp3) is 0.333. The Labute approximate surface area is 155 Å². The lowest BCUT2D eigenvalue weighted by Gasteiger charge is -2.20. The van der Waals surface area contributed by atoms with Gasteiger partial charge in [0.2, 0.25) is 0 Å². The van der Waals surface area contributed by atoms with Crippen molar-refractivity contribution in [2.75, 3.05) is 0 Å². The quantitative estimate of drug-likeness (QED) is 0.666. The van der Waals surface area contributed by atoms with E-state index in [2.05, 4.69) is 0 Å². The fourth-order valence-corrected chi connectivity index (χ4v) is 4.35. The Kier molecular flexibility index (Phi) is 6.23. The molecule has 0 heterocycles. The molecule has 142 valence electrons. The molecule has 0 aliphatic heterocycles. The van der Waals surface area contributed by atoms with Crippen molar-refractivity contribution in [3.63, 3.8) is 0 Å². The van der Waals surface area contributed by atoms with Crippen LogP contribution >= 0.6 is 0 Å². The highest BCUT2D eigenvalue weighted by molar-refractivity contribution is 7.87. The molecular formula is C18H22O6S2. The van der Waals surface area contributed by atoms with E-state index in [-0.39, 0.29) is 9.79 Å². The highest BCUT2D eigenvalue weighted by Crippen LogP contribution is 2.20. The van der Waals surface area contributed by atoms with Gasteiger partial charge in [0.25, 0.3) is 20.2 Å². The average Bonchev–Trinajstić information content (AvgIpc) is 2.54. The van der Waals surface area contributed by atoms with Crippen LogP contribution < -0.4 is 0 Å². The molecule has 2 aromatic carbocycles. The average molecular weight is 399 g/mol. The first-order valence-corrected chi connectivity index (χ1v) is 10.8. The molecule has 0 radical (unpaired) electrons. The highest BCUT2D eigenvalue weighted by Gasteiger charge is 2.28. The second kappa shape index (κ2) is 7.87. The Morgan fingerprint density at radius 2 is 0.885 bits per heavy atom. The lowest BCUT2D eigenvalue weighted by atomic mass is 10.2. The van der Waals surface area contributed by atoms with E-state index < -0.39 is 32.4 Å². The molecule has 2 rings (SSSR count). The Hall–Kier alpha value is -1.74. The van der Waals surface area contributed by atoms with E-state index in [1.165, 1.54) is 38.1 Å². The molecule has 0 unspecified atom stereocenters. The van der Waals surface area contributed by atoms with Gasteiger partial charge in [0.1, 0.15) is 12.2 Å². The third-order valence-corrected chi connectivity index (χ3v) is 6.65. The first-order chi connectivity index (χ1) is 12.0. The van der Waals surface area contributed by atoms with Gasteiger partial charge in [-0.25, -0.2) is 0 Å². The zero-order valence-corrected chi connectivity index (χ0v) is 16.7. The SMILES string of the molecule is Cc1ccc(S(=O)(=O)O[C@@H](C)[C@H](C)OS(=O)(=O)c2ccc(C)cc2)cc1. The summed E-state index contributed by atoms with van der Waals surface area (Å²) in [5.74, 6) is 0. The third kappa shape index (κ3) is 5.14. The van der Waals surface area contributed by atoms with Crippen LogP contribution in [0, 0.1) is 13.8 Å². The third-order valence-electron chi connectivity index (χ3n) is 3.84. The van der Waals surface area contributed by atoms with Crippen LogP contribution in [0.15, 0.2) is 58.3 Å². The Bertz CT molecular complexity index is 864. The molecule has 6 nitrogen and oxygen atoms in total. The monoisotopic (exact) mass is 398 g/mol. The summed E-state index contributed by atoms with van der Waals surface area (Å²) in [7, 11) is -8.04. The lowest BCUT2D eigenvalue weighted by molar-refractivity contribution is 0.0871. The van der Waals surface area contributed by atoms with Crippen molar-refractivity contribution in [3.8, 4) is 0 Å². The molecule has 8 heteroatoms. The van der Waals surface area contributed by atoms with Gasteiger partial charge in [-0.3, -0.25) is 8.37 Å². The minimum atomic E-state index is -4.02. The van der Waals surface area contributed by atoms with Crippen molar-refractivity contribution in [2.24, 2.45) is 0 Å². The molecule has 0 saturated heterocycles. The molecule has 0 N–H and O–H groups in total. The van der Waals surface area contributed by atoms with Crippen molar-refractivity contribution < 1.29 is 25.2 Å². The Balaban J connectivity index is 2.10. The maximum atomic E-state index is 12.3. The molecular weight excluding hydrogens is 376 g/mol. The van der Waals surface area contributed by atoms with Crippen LogP contribution in [0.3, 0.4) is 0 Å². The van der Waals surface area contributed by atoms with Crippen LogP contribution in [0.5, 0.6) is 0 Å². The first kappa shape index (κ1) is 20.6. The second-order valence-corrected chi connectivity index (χ2v) is 9.28. The summed E-state index contributed by atoms with van der Waals surface area (Å²) < 4.78 is 59.4. The molecule has 2 atom stereocenters. The van der Waals surface area contributed by atoms with Crippen LogP contribution in [-0.4, -0.2) is 29.0 Å². The number of hydrogen-bond acceptors (Lipinski definition) is 6. The summed E-state index contributed by atoms with van der Waals surface area (Å²) in [5, 5.41) is 0. The minimum absolute atomic E-state index is 0.00328. The summed E-state index contributed by atoms with van der Waals surface area (Å²) in [4.78, 5) is 0.00656. The predicted octanol–water partition coefficient (Wildman–Crippen LogP) is 3.19. The van der Waals surface area contributed by atoms with Crippen molar-refractivity contribution in [2.45, 2.75) is 49.7 Å². The molecule has 26 heavy (non-hydrogen) atoms. The number of aryl methyl sites for hydroxylation is 2. The predicted molar refractivity (Wildman–Crippen MR) is 97.8 cm³/mol. The maximum Gasteiger partial charge on any atom is 0.297 e. The number of rotatable bonds is 7. The molecule has 0 aliphatic rings. The molecule has 0 spiro atoms. The van der Waals surface area contributed by atoms with E-state index >= 15 is 0 Å². The first-order valence-electron chi connectivity index (χ1n) is 8.01. The smallest absolute Gasteiger partial charge is 0.261 e. The summed E-state index contributed by atoms with van der Waals surface area (Å²) in [6.07, 6.45) is -2.00. The van der Waals surface area contributed by atoms with Gasteiger partial charge in [0.05, 0.1) is 9.79 Å². The van der Waals surface area contributed by atoms with Gasteiger partial charge in [-0.1, -0.05) is 35.4 Å². The van der Waals surface area contributed by atoms with Gasteiger partial charge >= 0.3 is 0 Å². The van der Waals surface area contributed by atoms with Gasteiger partial charge in [-0.05, 0) is 52.0 Å². The highest BCUT2D eigenvalue weighted by atomic mass is 32.2. The van der Waals surface area contributed by atoms with Crippen molar-refractivity contribution in [1.29, 1.82) is 0 Å². The Morgan fingerprint density at radius 1 is 0.615 bits per heavy atom.